The van der Waals surface area contributed by atoms with Crippen molar-refractivity contribution in [2.24, 2.45) is 5.92 Å². The number of unbranched alkanes of at least 4 members (excludes halogenated alkanes) is 2. The highest BCUT2D eigenvalue weighted by Crippen LogP contribution is 2.48. The summed E-state index contributed by atoms with van der Waals surface area (Å²) >= 11 is 0. The Kier molecular flexibility index (Phi) is 8.87. The van der Waals surface area contributed by atoms with Crippen LogP contribution < -0.4 is 4.90 Å². The van der Waals surface area contributed by atoms with Gasteiger partial charge in [-0.25, -0.2) is 0 Å². The predicted molar refractivity (Wildman–Crippen MR) is 171 cm³/mol. The van der Waals surface area contributed by atoms with Gasteiger partial charge in [-0.2, -0.15) is 13.0 Å². The summed E-state index contributed by atoms with van der Waals surface area (Å²) in [5, 5.41) is 0. The van der Waals surface area contributed by atoms with E-state index < -0.39 is 15.5 Å². The van der Waals surface area contributed by atoms with Crippen LogP contribution in [0.4, 0.5) is 11.4 Å². The van der Waals surface area contributed by atoms with Crippen molar-refractivity contribution in [1.29, 1.82) is 0 Å². The van der Waals surface area contributed by atoms with Crippen LogP contribution in [0.5, 0.6) is 0 Å². The molecule has 2 aliphatic heterocycles. The second kappa shape index (κ2) is 11.7. The Morgan fingerprint density at radius 2 is 1.66 bits per heavy atom. The van der Waals surface area contributed by atoms with Gasteiger partial charge in [0.15, 0.2) is 5.71 Å². The van der Waals surface area contributed by atoms with Gasteiger partial charge in [0.1, 0.15) is 7.05 Å². The molecule has 0 saturated carbocycles. The standard InChI is InChI=1S/C35H46N2O3S/c1-25(2)15-11-10-14-22-37-31-21-19-27(41(38,39)40)24-29(31)35(6,7)33(37)17-13-9-12-16-32-34(4,5)28-23-26(3)18-20-30(28)36(32)8/h9,12-13,16-21,23-25H,10-11,14-15,22H2,1-8H3/p+1. The van der Waals surface area contributed by atoms with Gasteiger partial charge in [0.25, 0.3) is 10.1 Å². The fraction of sp³-hybridized carbons (Fsp3) is 0.457. The molecular weight excluding hydrogens is 528 g/mol. The molecule has 0 saturated heterocycles. The van der Waals surface area contributed by atoms with E-state index in [0.29, 0.717) is 5.92 Å². The first-order valence-corrected chi connectivity index (χ1v) is 16.3. The molecule has 0 radical (unpaired) electrons. The summed E-state index contributed by atoms with van der Waals surface area (Å²) in [5.74, 6) is 0.708. The molecule has 0 fully saturated rings. The normalized spacial score (nSPS) is 18.9. The lowest BCUT2D eigenvalue weighted by molar-refractivity contribution is -0.401. The van der Waals surface area contributed by atoms with Gasteiger partial charge in [-0.1, -0.05) is 76.8 Å². The van der Waals surface area contributed by atoms with Crippen molar-refractivity contribution in [1.82, 2.24) is 0 Å². The third kappa shape index (κ3) is 6.29. The van der Waals surface area contributed by atoms with Gasteiger partial charge in [-0.3, -0.25) is 4.55 Å². The summed E-state index contributed by atoms with van der Waals surface area (Å²) in [4.78, 5) is 2.27. The molecule has 1 N–H and O–H groups in total. The Morgan fingerprint density at radius 1 is 0.927 bits per heavy atom. The summed E-state index contributed by atoms with van der Waals surface area (Å²) in [6.07, 6.45) is 15.3. The first kappa shape index (κ1) is 31.0. The van der Waals surface area contributed by atoms with Crippen molar-refractivity contribution in [2.45, 2.75) is 89.9 Å². The van der Waals surface area contributed by atoms with Crippen LogP contribution in [0.1, 0.15) is 83.9 Å². The average molecular weight is 576 g/mol. The summed E-state index contributed by atoms with van der Waals surface area (Å²) in [6.45, 7) is 16.3. The van der Waals surface area contributed by atoms with E-state index in [4.69, 9.17) is 0 Å². The van der Waals surface area contributed by atoms with Crippen LogP contribution in [0.25, 0.3) is 0 Å². The fourth-order valence-corrected chi connectivity index (χ4v) is 6.87. The van der Waals surface area contributed by atoms with Crippen LogP contribution in [-0.2, 0) is 20.9 Å². The van der Waals surface area contributed by atoms with Crippen molar-refractivity contribution in [3.63, 3.8) is 0 Å². The minimum atomic E-state index is -4.28. The molecule has 0 spiro atoms. The zero-order chi connectivity index (χ0) is 30.2. The lowest BCUT2D eigenvalue weighted by atomic mass is 9.81. The van der Waals surface area contributed by atoms with E-state index in [9.17, 15) is 13.0 Å². The molecule has 2 heterocycles. The Labute approximate surface area is 247 Å². The molecular formula is C35H47N2O3S+. The number of rotatable bonds is 10. The molecule has 0 amide bonds. The van der Waals surface area contributed by atoms with E-state index in [0.717, 1.165) is 36.3 Å². The molecule has 220 valence electrons. The number of aryl methyl sites for hydroxylation is 1. The highest BCUT2D eigenvalue weighted by Gasteiger charge is 2.43. The van der Waals surface area contributed by atoms with Crippen molar-refractivity contribution in [3.8, 4) is 0 Å². The minimum Gasteiger partial charge on any atom is -0.344 e. The lowest BCUT2D eigenvalue weighted by Crippen LogP contribution is -2.27. The van der Waals surface area contributed by atoms with Crippen molar-refractivity contribution >= 4 is 27.2 Å². The van der Waals surface area contributed by atoms with E-state index in [1.165, 1.54) is 41.4 Å². The van der Waals surface area contributed by atoms with Gasteiger partial charge in [0, 0.05) is 41.1 Å². The smallest absolute Gasteiger partial charge is 0.294 e. The van der Waals surface area contributed by atoms with Gasteiger partial charge in [-0.15, -0.1) is 0 Å². The molecule has 2 aromatic rings. The predicted octanol–water partition coefficient (Wildman–Crippen LogP) is 8.26. The van der Waals surface area contributed by atoms with E-state index >= 15 is 0 Å². The van der Waals surface area contributed by atoms with E-state index in [1.54, 1.807) is 6.07 Å². The van der Waals surface area contributed by atoms with Crippen LogP contribution in [0.2, 0.25) is 0 Å². The highest BCUT2D eigenvalue weighted by atomic mass is 32.2. The van der Waals surface area contributed by atoms with E-state index in [1.807, 2.05) is 6.07 Å². The second-order valence-electron chi connectivity index (χ2n) is 13.1. The lowest BCUT2D eigenvalue weighted by Gasteiger charge is -2.27. The van der Waals surface area contributed by atoms with Crippen LogP contribution in [0.15, 0.2) is 77.4 Å². The van der Waals surface area contributed by atoms with Crippen LogP contribution in [-0.4, -0.2) is 36.9 Å². The highest BCUT2D eigenvalue weighted by molar-refractivity contribution is 7.85. The number of allylic oxidation sites excluding steroid dienone is 6. The molecule has 2 aliphatic rings. The Morgan fingerprint density at radius 3 is 2.34 bits per heavy atom. The summed E-state index contributed by atoms with van der Waals surface area (Å²) in [6, 6.07) is 11.6. The van der Waals surface area contributed by atoms with Gasteiger partial charge in [-0.05, 0) is 69.0 Å². The maximum atomic E-state index is 11.9. The first-order valence-electron chi connectivity index (χ1n) is 14.8. The van der Waals surface area contributed by atoms with Crippen LogP contribution in [0.3, 0.4) is 0 Å². The summed E-state index contributed by atoms with van der Waals surface area (Å²) < 4.78 is 35.8. The zero-order valence-electron chi connectivity index (χ0n) is 26.0. The van der Waals surface area contributed by atoms with Gasteiger partial charge in [0.2, 0.25) is 5.69 Å². The molecule has 0 unspecified atom stereocenters. The maximum absolute atomic E-state index is 11.9. The number of anilines is 1. The molecule has 0 aromatic heterocycles. The number of hydrogen-bond donors (Lipinski definition) is 1. The van der Waals surface area contributed by atoms with Crippen LogP contribution in [0, 0.1) is 12.8 Å². The largest absolute Gasteiger partial charge is 0.344 e. The van der Waals surface area contributed by atoms with Crippen molar-refractivity contribution in [3.05, 3.63) is 89.2 Å². The molecule has 41 heavy (non-hydrogen) atoms. The van der Waals surface area contributed by atoms with Gasteiger partial charge in [0.05, 0.1) is 10.3 Å². The Bertz CT molecular complexity index is 1540. The monoisotopic (exact) mass is 575 g/mol. The van der Waals surface area contributed by atoms with Crippen molar-refractivity contribution < 1.29 is 17.5 Å². The van der Waals surface area contributed by atoms with Gasteiger partial charge < -0.3 is 4.90 Å². The number of hydrogen-bond acceptors (Lipinski definition) is 3. The topological polar surface area (TPSA) is 60.6 Å². The molecule has 2 aromatic carbocycles. The molecule has 0 atom stereocenters. The van der Waals surface area contributed by atoms with Crippen LogP contribution >= 0.6 is 0 Å². The fourth-order valence-electron chi connectivity index (χ4n) is 6.36. The number of nitrogens with zero attached hydrogens (tertiary/aromatic N) is 2. The Hall–Kier alpha value is -2.96. The summed E-state index contributed by atoms with van der Waals surface area (Å²) in [5.41, 5.74) is 7.70. The summed E-state index contributed by atoms with van der Waals surface area (Å²) in [7, 11) is -2.15. The van der Waals surface area contributed by atoms with E-state index in [-0.39, 0.29) is 10.3 Å². The quantitative estimate of drug-likeness (QED) is 0.134. The average Bonchev–Trinajstić information content (AvgIpc) is 3.21. The van der Waals surface area contributed by atoms with E-state index in [2.05, 4.69) is 114 Å². The van der Waals surface area contributed by atoms with Crippen molar-refractivity contribution in [2.75, 3.05) is 18.5 Å². The van der Waals surface area contributed by atoms with Gasteiger partial charge >= 0.3 is 0 Å². The molecule has 4 rings (SSSR count). The molecule has 5 nitrogen and oxygen atoms in total. The number of fused-ring (bicyclic) bond motifs is 2. The second-order valence-corrected chi connectivity index (χ2v) is 14.5. The SMILES string of the molecule is Cc1ccc2c(c1)C(C)(C)C(C=CC=CC=C1N(CCCCCC(C)C)c3ccc(S(=O)(=O)O)cc3C1(C)C)=[N+]2C. The molecule has 0 bridgehead atoms. The molecule has 0 aliphatic carbocycles. The molecule has 6 heteroatoms. The minimum absolute atomic E-state index is 0.0579. The first-order chi connectivity index (χ1) is 19.2. The third-order valence-corrected chi connectivity index (χ3v) is 9.59. The maximum Gasteiger partial charge on any atom is 0.294 e. The Balaban J connectivity index is 1.60. The zero-order valence-corrected chi connectivity index (χ0v) is 26.8. The third-order valence-electron chi connectivity index (χ3n) is 8.74. The number of benzene rings is 2.